The van der Waals surface area contributed by atoms with Gasteiger partial charge in [-0.05, 0) is 30.0 Å². The van der Waals surface area contributed by atoms with Gasteiger partial charge in [0, 0.05) is 13.1 Å². The molecule has 0 fully saturated rings. The molecule has 4 N–H and O–H groups in total. The maximum atomic E-state index is 13.8. The lowest BCUT2D eigenvalue weighted by molar-refractivity contribution is -0.119. The van der Waals surface area contributed by atoms with Gasteiger partial charge in [0.15, 0.2) is 5.69 Å². The summed E-state index contributed by atoms with van der Waals surface area (Å²) in [6.07, 6.45) is 1.34. The maximum Gasteiger partial charge on any atom is 0.330 e. The number of benzene rings is 2. The van der Waals surface area contributed by atoms with E-state index < -0.39 is 29.1 Å². The summed E-state index contributed by atoms with van der Waals surface area (Å²) < 4.78 is 1.29. The fourth-order valence-electron chi connectivity index (χ4n) is 4.16. The van der Waals surface area contributed by atoms with Crippen LogP contribution in [0.25, 0.3) is 0 Å². The van der Waals surface area contributed by atoms with E-state index in [0.29, 0.717) is 23.6 Å². The fourth-order valence-corrected chi connectivity index (χ4v) is 4.38. The standard InChI is InChI=1S/C28H34ClN5O4/c1-4-5-15-33-25(30)24(27(37)32-28(33)38)34(17-18(2)3)23(35)16-22(19-11-7-6-8-12-19)31-26(36)20-13-9-10-14-21(20)29/h6-14,18,22H,4-5,15-17,30H2,1-3H3,(H,31,36)(H,32,37,38). The first kappa shape index (κ1) is 28.7. The van der Waals surface area contributed by atoms with Crippen LogP contribution < -0.4 is 27.2 Å². The van der Waals surface area contributed by atoms with E-state index in [-0.39, 0.29) is 36.0 Å². The van der Waals surface area contributed by atoms with Crippen LogP contribution in [-0.2, 0) is 11.3 Å². The number of amides is 2. The second-order valence-electron chi connectivity index (χ2n) is 9.52. The Bertz CT molecular complexity index is 1380. The number of halogens is 1. The highest BCUT2D eigenvalue weighted by Crippen LogP contribution is 2.25. The molecule has 3 rings (SSSR count). The maximum absolute atomic E-state index is 13.8. The summed E-state index contributed by atoms with van der Waals surface area (Å²) in [5, 5.41) is 3.21. The number of nitrogens with one attached hydrogen (secondary N) is 2. The topological polar surface area (TPSA) is 130 Å². The molecular weight excluding hydrogens is 506 g/mol. The Hall–Kier alpha value is -3.85. The zero-order valence-electron chi connectivity index (χ0n) is 21.9. The summed E-state index contributed by atoms with van der Waals surface area (Å²) in [5.74, 6) is -0.928. The molecule has 1 heterocycles. The van der Waals surface area contributed by atoms with Gasteiger partial charge in [0.2, 0.25) is 5.91 Å². The molecule has 38 heavy (non-hydrogen) atoms. The van der Waals surface area contributed by atoms with Gasteiger partial charge in [0.1, 0.15) is 5.82 Å². The van der Waals surface area contributed by atoms with Gasteiger partial charge < -0.3 is 16.0 Å². The van der Waals surface area contributed by atoms with E-state index in [4.69, 9.17) is 17.3 Å². The number of aromatic nitrogens is 2. The van der Waals surface area contributed by atoms with Crippen molar-refractivity contribution in [2.45, 2.75) is 52.6 Å². The van der Waals surface area contributed by atoms with E-state index in [9.17, 15) is 19.2 Å². The molecule has 0 radical (unpaired) electrons. The number of nitrogens with two attached hydrogens (primary N) is 1. The van der Waals surface area contributed by atoms with Crippen LogP contribution in [0.1, 0.15) is 62.0 Å². The first-order chi connectivity index (χ1) is 18.1. The molecule has 0 bridgehead atoms. The zero-order chi connectivity index (χ0) is 27.8. The minimum Gasteiger partial charge on any atom is -0.383 e. The normalized spacial score (nSPS) is 11.8. The second-order valence-corrected chi connectivity index (χ2v) is 9.92. The zero-order valence-corrected chi connectivity index (χ0v) is 22.6. The van der Waals surface area contributed by atoms with E-state index in [0.717, 1.165) is 6.42 Å². The summed E-state index contributed by atoms with van der Waals surface area (Å²) in [6, 6.07) is 15.0. The van der Waals surface area contributed by atoms with Gasteiger partial charge in [-0.2, -0.15) is 0 Å². The van der Waals surface area contributed by atoms with Crippen LogP contribution >= 0.6 is 11.6 Å². The van der Waals surface area contributed by atoms with Crippen molar-refractivity contribution in [3.8, 4) is 0 Å². The molecule has 9 nitrogen and oxygen atoms in total. The van der Waals surface area contributed by atoms with Crippen LogP contribution in [0.4, 0.5) is 11.5 Å². The molecule has 0 aliphatic carbocycles. The van der Waals surface area contributed by atoms with Gasteiger partial charge in [0.05, 0.1) is 23.0 Å². The molecule has 0 saturated heterocycles. The molecular formula is C28H34ClN5O4. The van der Waals surface area contributed by atoms with E-state index in [1.165, 1.54) is 9.47 Å². The minimum atomic E-state index is -0.731. The Labute approximate surface area is 226 Å². The lowest BCUT2D eigenvalue weighted by atomic mass is 10.0. The van der Waals surface area contributed by atoms with Gasteiger partial charge in [0.25, 0.3) is 11.5 Å². The number of carbonyl (C=O) groups excluding carboxylic acids is 2. The average Bonchev–Trinajstić information content (AvgIpc) is 2.88. The van der Waals surface area contributed by atoms with Crippen LogP contribution in [0, 0.1) is 5.92 Å². The van der Waals surface area contributed by atoms with Crippen LogP contribution in [0.2, 0.25) is 5.02 Å². The van der Waals surface area contributed by atoms with Crippen molar-refractivity contribution in [3.63, 3.8) is 0 Å². The third kappa shape index (κ3) is 6.92. The summed E-state index contributed by atoms with van der Waals surface area (Å²) in [4.78, 5) is 55.9. The number of hydrogen-bond acceptors (Lipinski definition) is 5. The Morgan fingerprint density at radius 2 is 1.74 bits per heavy atom. The number of hydrogen-bond donors (Lipinski definition) is 3. The minimum absolute atomic E-state index is 0.0124. The summed E-state index contributed by atoms with van der Waals surface area (Å²) in [6.45, 7) is 6.30. The Morgan fingerprint density at radius 3 is 2.37 bits per heavy atom. The number of H-pyrrole nitrogens is 1. The molecule has 0 aliphatic heterocycles. The summed E-state index contributed by atoms with van der Waals surface area (Å²) in [7, 11) is 0. The predicted molar refractivity (Wildman–Crippen MR) is 151 cm³/mol. The SMILES string of the molecule is CCCCn1c(N)c(N(CC(C)C)C(=O)CC(NC(=O)c2ccccc2Cl)c2ccccc2)c(=O)[nH]c1=O. The quantitative estimate of drug-likeness (QED) is 0.337. The predicted octanol–water partition coefficient (Wildman–Crippen LogP) is 4.12. The third-order valence-corrected chi connectivity index (χ3v) is 6.40. The molecule has 1 aromatic heterocycles. The highest BCUT2D eigenvalue weighted by molar-refractivity contribution is 6.33. The van der Waals surface area contributed by atoms with Crippen molar-refractivity contribution in [2.75, 3.05) is 17.2 Å². The van der Waals surface area contributed by atoms with Crippen LogP contribution in [0.3, 0.4) is 0 Å². The van der Waals surface area contributed by atoms with Crippen molar-refractivity contribution >= 4 is 34.9 Å². The van der Waals surface area contributed by atoms with Crippen molar-refractivity contribution < 1.29 is 9.59 Å². The Balaban J connectivity index is 2.01. The molecule has 1 unspecified atom stereocenters. The molecule has 2 amide bonds. The Kier molecular flexibility index (Phi) is 9.90. The van der Waals surface area contributed by atoms with E-state index >= 15 is 0 Å². The fraction of sp³-hybridized carbons (Fsp3) is 0.357. The number of rotatable bonds is 11. The van der Waals surface area contributed by atoms with Gasteiger partial charge in [-0.1, -0.05) is 81.3 Å². The highest BCUT2D eigenvalue weighted by Gasteiger charge is 2.28. The van der Waals surface area contributed by atoms with Crippen molar-refractivity contribution in [2.24, 2.45) is 5.92 Å². The second kappa shape index (κ2) is 13.1. The number of carbonyl (C=O) groups is 2. The number of unbranched alkanes of at least 4 members (excludes halogenated alkanes) is 1. The summed E-state index contributed by atoms with van der Waals surface area (Å²) >= 11 is 6.22. The molecule has 202 valence electrons. The molecule has 0 aliphatic rings. The number of anilines is 2. The van der Waals surface area contributed by atoms with Gasteiger partial charge in [-0.3, -0.25) is 23.9 Å². The van der Waals surface area contributed by atoms with E-state index in [2.05, 4.69) is 10.3 Å². The molecule has 10 heteroatoms. The lowest BCUT2D eigenvalue weighted by Crippen LogP contribution is -2.44. The van der Waals surface area contributed by atoms with Crippen LogP contribution in [0.15, 0.2) is 64.2 Å². The third-order valence-electron chi connectivity index (χ3n) is 6.07. The van der Waals surface area contributed by atoms with E-state index in [1.807, 2.05) is 51.1 Å². The molecule has 0 spiro atoms. The van der Waals surface area contributed by atoms with Crippen molar-refractivity contribution in [1.29, 1.82) is 0 Å². The molecule has 0 saturated carbocycles. The van der Waals surface area contributed by atoms with Gasteiger partial charge in [-0.15, -0.1) is 0 Å². The Morgan fingerprint density at radius 1 is 1.08 bits per heavy atom. The van der Waals surface area contributed by atoms with Crippen LogP contribution in [-0.4, -0.2) is 27.9 Å². The van der Waals surface area contributed by atoms with Crippen molar-refractivity contribution in [1.82, 2.24) is 14.9 Å². The first-order valence-electron chi connectivity index (χ1n) is 12.7. The smallest absolute Gasteiger partial charge is 0.330 e. The molecule has 1 atom stereocenters. The number of aromatic amines is 1. The highest BCUT2D eigenvalue weighted by atomic mass is 35.5. The summed E-state index contributed by atoms with van der Waals surface area (Å²) in [5.41, 5.74) is 5.90. The first-order valence-corrected chi connectivity index (χ1v) is 13.0. The largest absolute Gasteiger partial charge is 0.383 e. The monoisotopic (exact) mass is 539 g/mol. The van der Waals surface area contributed by atoms with Crippen LogP contribution in [0.5, 0.6) is 0 Å². The average molecular weight is 540 g/mol. The molecule has 3 aromatic rings. The number of nitrogen functional groups attached to an aromatic ring is 1. The van der Waals surface area contributed by atoms with Gasteiger partial charge in [-0.25, -0.2) is 4.79 Å². The lowest BCUT2D eigenvalue weighted by Gasteiger charge is -2.28. The van der Waals surface area contributed by atoms with Gasteiger partial charge >= 0.3 is 5.69 Å². The molecule has 2 aromatic carbocycles. The van der Waals surface area contributed by atoms with Crippen molar-refractivity contribution in [3.05, 3.63) is 91.6 Å². The van der Waals surface area contributed by atoms with E-state index in [1.54, 1.807) is 24.3 Å². The number of nitrogens with zero attached hydrogens (tertiary/aromatic N) is 2.